The highest BCUT2D eigenvalue weighted by atomic mass is 127. The third kappa shape index (κ3) is 7.90. The average molecular weight is 571 g/mol. The molecule has 0 fully saturated rings. The Hall–Kier alpha value is -2.47. The van der Waals surface area contributed by atoms with Crippen LogP contribution in [0.4, 0.5) is 4.39 Å². The number of hydrogen-bond acceptors (Lipinski definition) is 4. The Balaban J connectivity index is 0.00000363. The number of sulfone groups is 1. The molecule has 0 bridgehead atoms. The molecule has 0 saturated carbocycles. The van der Waals surface area contributed by atoms with Gasteiger partial charge in [-0.25, -0.2) is 17.5 Å². The van der Waals surface area contributed by atoms with Crippen molar-refractivity contribution in [3.8, 4) is 5.69 Å². The first-order valence-electron chi connectivity index (χ1n) is 9.82. The topological polar surface area (TPSA) is 88.4 Å². The van der Waals surface area contributed by atoms with E-state index in [-0.39, 0.29) is 36.3 Å². The van der Waals surface area contributed by atoms with Crippen molar-refractivity contribution in [3.05, 3.63) is 83.4 Å². The summed E-state index contributed by atoms with van der Waals surface area (Å²) in [5, 5.41) is 10.7. The van der Waals surface area contributed by atoms with Crippen molar-refractivity contribution in [1.82, 2.24) is 20.4 Å². The average Bonchev–Trinajstić information content (AvgIpc) is 3.21. The Morgan fingerprint density at radius 2 is 1.88 bits per heavy atom. The number of benzene rings is 2. The van der Waals surface area contributed by atoms with Crippen LogP contribution in [0.5, 0.6) is 0 Å². The summed E-state index contributed by atoms with van der Waals surface area (Å²) in [6.07, 6.45) is 5.72. The van der Waals surface area contributed by atoms with Crippen LogP contribution in [-0.2, 0) is 28.6 Å². The monoisotopic (exact) mass is 571 g/mol. The van der Waals surface area contributed by atoms with Gasteiger partial charge in [0.2, 0.25) is 0 Å². The van der Waals surface area contributed by atoms with Crippen molar-refractivity contribution in [2.45, 2.75) is 18.7 Å². The van der Waals surface area contributed by atoms with Crippen molar-refractivity contribution >= 4 is 39.8 Å². The molecule has 1 aromatic heterocycles. The normalized spacial score (nSPS) is 11.7. The predicted molar refractivity (Wildman–Crippen MR) is 136 cm³/mol. The fourth-order valence-electron chi connectivity index (χ4n) is 3.12. The third-order valence-corrected chi connectivity index (χ3v) is 5.45. The number of guanidine groups is 1. The summed E-state index contributed by atoms with van der Waals surface area (Å²) in [7, 11) is -1.58. The van der Waals surface area contributed by atoms with Crippen molar-refractivity contribution in [2.24, 2.45) is 4.99 Å². The summed E-state index contributed by atoms with van der Waals surface area (Å²) >= 11 is 0. The molecule has 0 radical (unpaired) electrons. The maximum Gasteiger partial charge on any atom is 0.191 e. The van der Waals surface area contributed by atoms with E-state index in [0.717, 1.165) is 23.9 Å². The van der Waals surface area contributed by atoms with E-state index >= 15 is 0 Å². The molecule has 0 aliphatic heterocycles. The van der Waals surface area contributed by atoms with Gasteiger partial charge in [-0.15, -0.1) is 24.0 Å². The Labute approximate surface area is 205 Å². The smallest absolute Gasteiger partial charge is 0.191 e. The lowest BCUT2D eigenvalue weighted by Gasteiger charge is -2.14. The summed E-state index contributed by atoms with van der Waals surface area (Å²) in [5.41, 5.74) is 3.23. The fraction of sp³-hybridized carbons (Fsp3) is 0.273. The Morgan fingerprint density at radius 3 is 2.56 bits per heavy atom. The van der Waals surface area contributed by atoms with E-state index in [2.05, 4.69) is 20.7 Å². The van der Waals surface area contributed by atoms with Crippen LogP contribution in [0.15, 0.2) is 65.9 Å². The van der Waals surface area contributed by atoms with Crippen LogP contribution >= 0.6 is 24.0 Å². The van der Waals surface area contributed by atoms with Gasteiger partial charge in [-0.2, -0.15) is 5.10 Å². The zero-order valence-electron chi connectivity index (χ0n) is 18.0. The third-order valence-electron chi connectivity index (χ3n) is 4.62. The number of nitrogens with one attached hydrogen (secondary N) is 2. The molecule has 2 aromatic carbocycles. The van der Waals surface area contributed by atoms with Gasteiger partial charge in [-0.05, 0) is 47.4 Å². The van der Waals surface area contributed by atoms with Crippen LogP contribution in [0.1, 0.15) is 16.7 Å². The van der Waals surface area contributed by atoms with Crippen molar-refractivity contribution in [2.75, 3.05) is 19.8 Å². The van der Waals surface area contributed by atoms with E-state index in [0.29, 0.717) is 23.6 Å². The van der Waals surface area contributed by atoms with Gasteiger partial charge in [-0.3, -0.25) is 4.99 Å². The lowest BCUT2D eigenvalue weighted by atomic mass is 10.1. The van der Waals surface area contributed by atoms with Crippen LogP contribution in [0, 0.1) is 5.82 Å². The van der Waals surface area contributed by atoms with Gasteiger partial charge in [0.1, 0.15) is 5.82 Å². The molecule has 3 aromatic rings. The largest absolute Gasteiger partial charge is 0.356 e. The highest BCUT2D eigenvalue weighted by molar-refractivity contribution is 14.0. The molecule has 0 atom stereocenters. The maximum absolute atomic E-state index is 13.7. The molecule has 1 heterocycles. The standard InChI is InChI=1S/C22H26FN5O2S.HI/c1-24-22(26-14-19-12-20(23)9-8-18(19)16-31(2,29)30)25-11-10-17-13-27-28(15-17)21-6-4-3-5-7-21;/h3-9,12-13,15H,10-11,14,16H2,1-2H3,(H2,24,25,26);1H. The van der Waals surface area contributed by atoms with Crippen molar-refractivity contribution in [1.29, 1.82) is 0 Å². The zero-order chi connectivity index (χ0) is 22.3. The molecular formula is C22H27FIN5O2S. The molecule has 0 saturated heterocycles. The number of aliphatic imine (C=N–C) groups is 1. The SMILES string of the molecule is CN=C(NCCc1cnn(-c2ccccc2)c1)NCc1cc(F)ccc1CS(C)(=O)=O.I. The molecule has 0 aliphatic carbocycles. The molecule has 0 spiro atoms. The first-order chi connectivity index (χ1) is 14.8. The van der Waals surface area contributed by atoms with Crippen LogP contribution in [-0.4, -0.2) is 44.0 Å². The first kappa shape index (κ1) is 25.8. The predicted octanol–water partition coefficient (Wildman–Crippen LogP) is 3.08. The molecule has 10 heteroatoms. The van der Waals surface area contributed by atoms with E-state index < -0.39 is 15.7 Å². The molecule has 172 valence electrons. The lowest BCUT2D eigenvalue weighted by molar-refractivity contribution is 0.599. The van der Waals surface area contributed by atoms with Crippen LogP contribution < -0.4 is 10.6 Å². The number of rotatable bonds is 8. The van der Waals surface area contributed by atoms with E-state index in [9.17, 15) is 12.8 Å². The fourth-order valence-corrected chi connectivity index (χ4v) is 3.96. The Bertz CT molecular complexity index is 1150. The van der Waals surface area contributed by atoms with Crippen molar-refractivity contribution < 1.29 is 12.8 Å². The van der Waals surface area contributed by atoms with Crippen LogP contribution in [0.25, 0.3) is 5.69 Å². The highest BCUT2D eigenvalue weighted by Gasteiger charge is 2.11. The Morgan fingerprint density at radius 1 is 1.12 bits per heavy atom. The Kier molecular flexibility index (Phi) is 9.63. The number of halogens is 2. The summed E-state index contributed by atoms with van der Waals surface area (Å²) in [6.45, 7) is 0.883. The number of aromatic nitrogens is 2. The van der Waals surface area contributed by atoms with Crippen LogP contribution in [0.2, 0.25) is 0 Å². The zero-order valence-corrected chi connectivity index (χ0v) is 21.1. The minimum absolute atomic E-state index is 0. The van der Waals surface area contributed by atoms with Crippen LogP contribution in [0.3, 0.4) is 0 Å². The lowest BCUT2D eigenvalue weighted by Crippen LogP contribution is -2.38. The molecule has 0 amide bonds. The summed E-state index contributed by atoms with van der Waals surface area (Å²) in [5.74, 6) is -0.000654. The molecule has 0 aliphatic rings. The van der Waals surface area contributed by atoms with E-state index in [1.807, 2.05) is 47.4 Å². The molecule has 2 N–H and O–H groups in total. The minimum atomic E-state index is -3.22. The summed E-state index contributed by atoms with van der Waals surface area (Å²) in [4.78, 5) is 4.18. The molecular weight excluding hydrogens is 544 g/mol. The van der Waals surface area contributed by atoms with Gasteiger partial charge < -0.3 is 10.6 Å². The summed E-state index contributed by atoms with van der Waals surface area (Å²) < 4.78 is 38.8. The van der Waals surface area contributed by atoms with Gasteiger partial charge in [0.15, 0.2) is 15.8 Å². The molecule has 32 heavy (non-hydrogen) atoms. The van der Waals surface area contributed by atoms with E-state index in [1.165, 1.54) is 18.2 Å². The molecule has 7 nitrogen and oxygen atoms in total. The second-order valence-electron chi connectivity index (χ2n) is 7.21. The second-order valence-corrected chi connectivity index (χ2v) is 9.35. The van der Waals surface area contributed by atoms with Gasteiger partial charge >= 0.3 is 0 Å². The second kappa shape index (κ2) is 12.0. The minimum Gasteiger partial charge on any atom is -0.356 e. The number of para-hydroxylation sites is 1. The van der Waals surface area contributed by atoms with E-state index in [1.54, 1.807) is 7.05 Å². The quantitative estimate of drug-likeness (QED) is 0.247. The van der Waals surface area contributed by atoms with Crippen molar-refractivity contribution in [3.63, 3.8) is 0 Å². The van der Waals surface area contributed by atoms with Gasteiger partial charge in [0, 0.05) is 32.6 Å². The van der Waals surface area contributed by atoms with Gasteiger partial charge in [0.05, 0.1) is 17.6 Å². The highest BCUT2D eigenvalue weighted by Crippen LogP contribution is 2.14. The first-order valence-corrected chi connectivity index (χ1v) is 11.9. The van der Waals surface area contributed by atoms with E-state index in [4.69, 9.17) is 0 Å². The van der Waals surface area contributed by atoms with Gasteiger partial charge in [-0.1, -0.05) is 24.3 Å². The maximum atomic E-state index is 13.7. The number of nitrogens with zero attached hydrogens (tertiary/aromatic N) is 3. The molecule has 3 rings (SSSR count). The number of hydrogen-bond donors (Lipinski definition) is 2. The molecule has 0 unspecified atom stereocenters. The summed E-state index contributed by atoms with van der Waals surface area (Å²) in [6, 6.07) is 14.0. The van der Waals surface area contributed by atoms with Gasteiger partial charge in [0.25, 0.3) is 0 Å².